The first-order valence-corrected chi connectivity index (χ1v) is 12.9. The molecule has 1 unspecified atom stereocenters. The molecule has 2 fully saturated rings. The molecule has 0 amide bonds. The fourth-order valence-corrected chi connectivity index (χ4v) is 6.08. The van der Waals surface area contributed by atoms with Crippen LogP contribution in [-0.2, 0) is 14.8 Å². The standard InChI is InChI=1S/C24H31N5O3S/c1-26-10-4-11-27(14-13-26)21-8-7-19-17-25-29(24(19)16-21)33(30,31)23-6-3-5-20(15-23)28-12-9-22(18-28)32-2/h3,5-8,15-17,22H,4,9-14,18H2,1-2H3. The molecule has 0 N–H and O–H groups in total. The number of fused-ring (bicyclic) bond motifs is 1. The molecule has 3 heterocycles. The normalized spacial score (nSPS) is 20.5. The van der Waals surface area contributed by atoms with E-state index in [1.165, 1.54) is 4.09 Å². The Bertz CT molecular complexity index is 1240. The molecule has 2 aromatic carbocycles. The predicted molar refractivity (Wildman–Crippen MR) is 131 cm³/mol. The van der Waals surface area contributed by atoms with E-state index in [1.807, 2.05) is 18.2 Å². The zero-order valence-electron chi connectivity index (χ0n) is 19.2. The van der Waals surface area contributed by atoms with Gasteiger partial charge in [0.2, 0.25) is 0 Å². The quantitative estimate of drug-likeness (QED) is 0.569. The SMILES string of the molecule is COC1CCN(c2cccc(S(=O)(=O)n3ncc4ccc(N5CCCN(C)CC5)cc43)c2)C1. The second kappa shape index (κ2) is 8.96. The molecule has 3 aromatic rings. The van der Waals surface area contributed by atoms with Gasteiger partial charge in [0.1, 0.15) is 0 Å². The lowest BCUT2D eigenvalue weighted by atomic mass is 10.2. The van der Waals surface area contributed by atoms with E-state index in [-0.39, 0.29) is 11.0 Å². The van der Waals surface area contributed by atoms with Crippen LogP contribution in [-0.4, -0.2) is 82.0 Å². The first-order chi connectivity index (χ1) is 16.0. The van der Waals surface area contributed by atoms with Crippen molar-refractivity contribution in [2.24, 2.45) is 0 Å². The molecule has 0 bridgehead atoms. The Morgan fingerprint density at radius 1 is 0.970 bits per heavy atom. The van der Waals surface area contributed by atoms with Crippen LogP contribution >= 0.6 is 0 Å². The molecule has 1 atom stereocenters. The van der Waals surface area contributed by atoms with Crippen LogP contribution in [0.3, 0.4) is 0 Å². The second-order valence-corrected chi connectivity index (χ2v) is 10.7. The maximum atomic E-state index is 13.6. The lowest BCUT2D eigenvalue weighted by molar-refractivity contribution is 0.121. The van der Waals surface area contributed by atoms with Crippen LogP contribution in [0.4, 0.5) is 11.4 Å². The highest BCUT2D eigenvalue weighted by molar-refractivity contribution is 7.90. The fourth-order valence-electron chi connectivity index (χ4n) is 4.77. The summed E-state index contributed by atoms with van der Waals surface area (Å²) >= 11 is 0. The number of rotatable bonds is 5. The van der Waals surface area contributed by atoms with Crippen LogP contribution in [0.15, 0.2) is 53.6 Å². The second-order valence-electron chi connectivity index (χ2n) is 8.97. The monoisotopic (exact) mass is 469 g/mol. The molecule has 0 radical (unpaired) electrons. The number of hydrogen-bond acceptors (Lipinski definition) is 7. The highest BCUT2D eigenvalue weighted by Crippen LogP contribution is 2.28. The molecular weight excluding hydrogens is 438 g/mol. The maximum Gasteiger partial charge on any atom is 0.283 e. The number of hydrogen-bond donors (Lipinski definition) is 0. The Kier molecular flexibility index (Phi) is 6.03. The molecule has 0 spiro atoms. The molecule has 2 saturated heterocycles. The molecule has 2 aliphatic heterocycles. The fraction of sp³-hybridized carbons (Fsp3) is 0.458. The Morgan fingerprint density at radius 2 is 1.82 bits per heavy atom. The molecule has 0 aliphatic carbocycles. The summed E-state index contributed by atoms with van der Waals surface area (Å²) in [6.45, 7) is 5.55. The van der Waals surface area contributed by atoms with E-state index in [0.29, 0.717) is 5.52 Å². The summed E-state index contributed by atoms with van der Waals surface area (Å²) < 4.78 is 33.9. The summed E-state index contributed by atoms with van der Waals surface area (Å²) in [5.74, 6) is 0. The molecule has 0 saturated carbocycles. The van der Waals surface area contributed by atoms with Crippen molar-refractivity contribution in [1.82, 2.24) is 14.1 Å². The van der Waals surface area contributed by atoms with Crippen molar-refractivity contribution in [2.75, 3.05) is 63.2 Å². The first-order valence-electron chi connectivity index (χ1n) is 11.5. The lowest BCUT2D eigenvalue weighted by Crippen LogP contribution is -2.28. The summed E-state index contributed by atoms with van der Waals surface area (Å²) in [5.41, 5.74) is 2.53. The minimum atomic E-state index is -3.84. The van der Waals surface area contributed by atoms with Crippen LogP contribution in [0.2, 0.25) is 0 Å². The van der Waals surface area contributed by atoms with Crippen molar-refractivity contribution in [3.8, 4) is 0 Å². The van der Waals surface area contributed by atoms with Crippen molar-refractivity contribution in [2.45, 2.75) is 23.8 Å². The van der Waals surface area contributed by atoms with E-state index in [1.54, 1.807) is 31.5 Å². The van der Waals surface area contributed by atoms with Crippen LogP contribution in [0.25, 0.3) is 10.9 Å². The topological polar surface area (TPSA) is 70.9 Å². The summed E-state index contributed by atoms with van der Waals surface area (Å²) in [6, 6.07) is 13.1. The zero-order valence-corrected chi connectivity index (χ0v) is 20.0. The predicted octanol–water partition coefficient (Wildman–Crippen LogP) is 2.64. The zero-order chi connectivity index (χ0) is 23.0. The van der Waals surface area contributed by atoms with E-state index >= 15 is 0 Å². The van der Waals surface area contributed by atoms with Gasteiger partial charge in [0.15, 0.2) is 0 Å². The summed E-state index contributed by atoms with van der Waals surface area (Å²) in [4.78, 5) is 7.07. The van der Waals surface area contributed by atoms with Gasteiger partial charge >= 0.3 is 0 Å². The molecule has 8 nitrogen and oxygen atoms in total. The number of methoxy groups -OCH3 is 1. The minimum Gasteiger partial charge on any atom is -0.380 e. The van der Waals surface area contributed by atoms with Gasteiger partial charge in [-0.1, -0.05) is 6.07 Å². The largest absolute Gasteiger partial charge is 0.380 e. The average Bonchev–Trinajstić information content (AvgIpc) is 3.43. The van der Waals surface area contributed by atoms with Crippen LogP contribution in [0, 0.1) is 0 Å². The van der Waals surface area contributed by atoms with Crippen molar-refractivity contribution in [3.05, 3.63) is 48.7 Å². The lowest BCUT2D eigenvalue weighted by Gasteiger charge is -2.23. The van der Waals surface area contributed by atoms with Crippen molar-refractivity contribution in [1.29, 1.82) is 0 Å². The van der Waals surface area contributed by atoms with Crippen LogP contribution in [0.5, 0.6) is 0 Å². The van der Waals surface area contributed by atoms with Gasteiger partial charge < -0.3 is 19.4 Å². The number of aromatic nitrogens is 2. The number of anilines is 2. The highest BCUT2D eigenvalue weighted by atomic mass is 32.2. The van der Waals surface area contributed by atoms with Crippen molar-refractivity contribution < 1.29 is 13.2 Å². The van der Waals surface area contributed by atoms with Gasteiger partial charge in [-0.3, -0.25) is 0 Å². The highest BCUT2D eigenvalue weighted by Gasteiger charge is 2.26. The summed E-state index contributed by atoms with van der Waals surface area (Å²) in [6.07, 6.45) is 3.82. The van der Waals surface area contributed by atoms with Crippen LogP contribution < -0.4 is 9.80 Å². The average molecular weight is 470 g/mol. The third-order valence-electron chi connectivity index (χ3n) is 6.79. The molecular formula is C24H31N5O3S. The van der Waals surface area contributed by atoms with E-state index in [4.69, 9.17) is 4.74 Å². The molecule has 2 aliphatic rings. The van der Waals surface area contributed by atoms with Gasteiger partial charge in [-0.05, 0) is 62.8 Å². The number of nitrogens with zero attached hydrogens (tertiary/aromatic N) is 5. The van der Waals surface area contributed by atoms with Gasteiger partial charge in [0, 0.05) is 56.6 Å². The van der Waals surface area contributed by atoms with E-state index in [2.05, 4.69) is 32.9 Å². The molecule has 9 heteroatoms. The minimum absolute atomic E-state index is 0.178. The number of likely N-dealkylation sites (N-methyl/N-ethyl adjacent to an activating group) is 1. The van der Waals surface area contributed by atoms with Gasteiger partial charge in [-0.2, -0.15) is 17.6 Å². The van der Waals surface area contributed by atoms with Gasteiger partial charge in [-0.25, -0.2) is 0 Å². The Hall–Kier alpha value is -2.62. The van der Waals surface area contributed by atoms with Gasteiger partial charge in [0.25, 0.3) is 10.0 Å². The first kappa shape index (κ1) is 22.2. The number of benzene rings is 2. The third kappa shape index (κ3) is 4.32. The molecule has 5 rings (SSSR count). The van der Waals surface area contributed by atoms with Crippen molar-refractivity contribution >= 4 is 32.3 Å². The van der Waals surface area contributed by atoms with E-state index in [9.17, 15) is 8.42 Å². The molecule has 33 heavy (non-hydrogen) atoms. The Morgan fingerprint density at radius 3 is 2.64 bits per heavy atom. The Balaban J connectivity index is 1.48. The maximum absolute atomic E-state index is 13.6. The van der Waals surface area contributed by atoms with Gasteiger partial charge in [-0.15, -0.1) is 0 Å². The molecule has 1 aromatic heterocycles. The van der Waals surface area contributed by atoms with E-state index < -0.39 is 10.0 Å². The summed E-state index contributed by atoms with van der Waals surface area (Å²) in [5, 5.41) is 5.09. The molecule has 176 valence electrons. The Labute approximate surface area is 195 Å². The van der Waals surface area contributed by atoms with E-state index in [0.717, 1.165) is 68.9 Å². The summed E-state index contributed by atoms with van der Waals surface area (Å²) in [7, 11) is 0.0212. The van der Waals surface area contributed by atoms with Crippen molar-refractivity contribution in [3.63, 3.8) is 0 Å². The smallest absolute Gasteiger partial charge is 0.283 e. The van der Waals surface area contributed by atoms with Gasteiger partial charge in [0.05, 0.1) is 22.7 Å². The third-order valence-corrected chi connectivity index (χ3v) is 8.39. The van der Waals surface area contributed by atoms with Crippen LogP contribution in [0.1, 0.15) is 12.8 Å². The number of ether oxygens (including phenoxy) is 1.